The van der Waals surface area contributed by atoms with Gasteiger partial charge in [-0.25, -0.2) is 0 Å². The smallest absolute Gasteiger partial charge is 0.220 e. The molecule has 0 spiro atoms. The Morgan fingerprint density at radius 1 is 1.58 bits per heavy atom. The highest BCUT2D eigenvalue weighted by Gasteiger charge is 2.04. The number of carbonyl (C=O) groups is 1. The van der Waals surface area contributed by atoms with E-state index >= 15 is 0 Å². The lowest BCUT2D eigenvalue weighted by molar-refractivity contribution is -0.121. The lowest BCUT2D eigenvalue weighted by atomic mass is 10.2. The average molecular weight is 173 g/mol. The number of hydrogen-bond donors (Lipinski definition) is 2. The molecule has 1 unspecified atom stereocenters. The normalized spacial score (nSPS) is 12.6. The summed E-state index contributed by atoms with van der Waals surface area (Å²) < 4.78 is 0. The molecule has 0 fully saturated rings. The van der Waals surface area contributed by atoms with E-state index < -0.39 is 0 Å². The van der Waals surface area contributed by atoms with Crippen LogP contribution in [0.25, 0.3) is 0 Å². The average Bonchev–Trinajstić information content (AvgIpc) is 2.01. The fraction of sp³-hybridized carbons (Fsp3) is 0.889. The first kappa shape index (κ1) is 11.4. The maximum atomic E-state index is 11.1. The first-order valence-corrected chi connectivity index (χ1v) is 4.61. The molecule has 0 aromatic carbocycles. The minimum atomic E-state index is 0.0952. The number of rotatable bonds is 6. The second-order valence-electron chi connectivity index (χ2n) is 3.08. The molecule has 1 amide bonds. The Morgan fingerprint density at radius 3 is 2.75 bits per heavy atom. The quantitative estimate of drug-likeness (QED) is 0.631. The third kappa shape index (κ3) is 6.16. The molecule has 3 heteroatoms. The van der Waals surface area contributed by atoms with Crippen LogP contribution in [0.5, 0.6) is 0 Å². The predicted molar refractivity (Wildman–Crippen MR) is 48.8 cm³/mol. The third-order valence-corrected chi connectivity index (χ3v) is 1.73. The maximum absolute atomic E-state index is 11.1. The molecule has 0 aliphatic rings. The second kappa shape index (κ2) is 7.10. The zero-order chi connectivity index (χ0) is 9.40. The van der Waals surface area contributed by atoms with Crippen molar-refractivity contribution in [1.29, 1.82) is 0 Å². The number of unbranched alkanes of at least 4 members (excludes halogenated alkanes) is 1. The summed E-state index contributed by atoms with van der Waals surface area (Å²) in [6.45, 7) is 4.10. The van der Waals surface area contributed by atoms with Crippen molar-refractivity contribution in [2.75, 3.05) is 6.61 Å². The van der Waals surface area contributed by atoms with Gasteiger partial charge in [-0.15, -0.1) is 0 Å². The highest BCUT2D eigenvalue weighted by molar-refractivity contribution is 5.76. The van der Waals surface area contributed by atoms with Crippen LogP contribution in [0.4, 0.5) is 0 Å². The second-order valence-corrected chi connectivity index (χ2v) is 3.08. The Morgan fingerprint density at radius 2 is 2.25 bits per heavy atom. The number of amides is 1. The van der Waals surface area contributed by atoms with Gasteiger partial charge in [0.05, 0.1) is 0 Å². The Bertz CT molecular complexity index is 126. The molecule has 12 heavy (non-hydrogen) atoms. The van der Waals surface area contributed by atoms with Crippen LogP contribution in [0.15, 0.2) is 0 Å². The summed E-state index contributed by atoms with van der Waals surface area (Å²) in [5.41, 5.74) is 0. The Labute approximate surface area is 74.2 Å². The Kier molecular flexibility index (Phi) is 6.76. The van der Waals surface area contributed by atoms with E-state index in [9.17, 15) is 4.79 Å². The van der Waals surface area contributed by atoms with Crippen LogP contribution < -0.4 is 5.32 Å². The van der Waals surface area contributed by atoms with Gasteiger partial charge in [0.2, 0.25) is 5.91 Å². The van der Waals surface area contributed by atoms with Gasteiger partial charge in [0, 0.05) is 19.1 Å². The van der Waals surface area contributed by atoms with Crippen molar-refractivity contribution in [2.24, 2.45) is 0 Å². The maximum Gasteiger partial charge on any atom is 0.220 e. The minimum absolute atomic E-state index is 0.0952. The summed E-state index contributed by atoms with van der Waals surface area (Å²) in [5.74, 6) is 0.0952. The van der Waals surface area contributed by atoms with Crippen molar-refractivity contribution < 1.29 is 9.90 Å². The predicted octanol–water partition coefficient (Wildman–Crippen LogP) is 1.06. The van der Waals surface area contributed by atoms with Gasteiger partial charge in [-0.05, 0) is 19.8 Å². The molecule has 0 saturated heterocycles. The lowest BCUT2D eigenvalue weighted by Crippen LogP contribution is -2.32. The van der Waals surface area contributed by atoms with Crippen LogP contribution in [0.3, 0.4) is 0 Å². The summed E-state index contributed by atoms with van der Waals surface area (Å²) in [4.78, 5) is 11.1. The first-order chi connectivity index (χ1) is 5.70. The SMILES string of the molecule is CCCCC(=O)NC(C)CCO. The molecule has 0 aromatic heterocycles. The summed E-state index contributed by atoms with van der Waals surface area (Å²) in [5, 5.41) is 11.4. The van der Waals surface area contributed by atoms with Gasteiger partial charge in [-0.2, -0.15) is 0 Å². The summed E-state index contributed by atoms with van der Waals surface area (Å²) in [6, 6.07) is 0.0966. The molecule has 2 N–H and O–H groups in total. The molecule has 0 heterocycles. The monoisotopic (exact) mass is 173 g/mol. The molecule has 3 nitrogen and oxygen atoms in total. The molecule has 0 rings (SSSR count). The van der Waals surface area contributed by atoms with Crippen LogP contribution in [0, 0.1) is 0 Å². The molecule has 0 radical (unpaired) electrons. The fourth-order valence-corrected chi connectivity index (χ4v) is 0.950. The van der Waals surface area contributed by atoms with Crippen LogP contribution in [0.1, 0.15) is 39.5 Å². The van der Waals surface area contributed by atoms with E-state index in [1.165, 1.54) is 0 Å². The molecule has 0 aromatic rings. The van der Waals surface area contributed by atoms with Gasteiger partial charge in [0.15, 0.2) is 0 Å². The number of nitrogens with one attached hydrogen (secondary N) is 1. The molecule has 1 atom stereocenters. The van der Waals surface area contributed by atoms with Gasteiger partial charge in [-0.1, -0.05) is 13.3 Å². The van der Waals surface area contributed by atoms with Crippen molar-refractivity contribution in [3.05, 3.63) is 0 Å². The summed E-state index contributed by atoms with van der Waals surface area (Å²) in [6.07, 6.45) is 3.23. The van der Waals surface area contributed by atoms with Crippen LogP contribution in [-0.2, 0) is 4.79 Å². The minimum Gasteiger partial charge on any atom is -0.396 e. The largest absolute Gasteiger partial charge is 0.396 e. The van der Waals surface area contributed by atoms with Gasteiger partial charge in [0.1, 0.15) is 0 Å². The molecule has 72 valence electrons. The third-order valence-electron chi connectivity index (χ3n) is 1.73. The molecule has 0 saturated carbocycles. The standard InChI is InChI=1S/C9H19NO2/c1-3-4-5-9(12)10-8(2)6-7-11/h8,11H,3-7H2,1-2H3,(H,10,12). The van der Waals surface area contributed by atoms with E-state index in [2.05, 4.69) is 12.2 Å². The molecular formula is C9H19NO2. The van der Waals surface area contributed by atoms with Gasteiger partial charge in [-0.3, -0.25) is 4.79 Å². The van der Waals surface area contributed by atoms with Crippen molar-refractivity contribution in [3.63, 3.8) is 0 Å². The number of aliphatic hydroxyl groups excluding tert-OH is 1. The van der Waals surface area contributed by atoms with Crippen LogP contribution in [-0.4, -0.2) is 23.7 Å². The Balaban J connectivity index is 3.40. The highest BCUT2D eigenvalue weighted by Crippen LogP contribution is 1.95. The van der Waals surface area contributed by atoms with Crippen molar-refractivity contribution in [1.82, 2.24) is 5.32 Å². The molecule has 0 bridgehead atoms. The Hall–Kier alpha value is -0.570. The molecular weight excluding hydrogens is 154 g/mol. The molecule has 0 aliphatic carbocycles. The number of aliphatic hydroxyl groups is 1. The molecule has 0 aliphatic heterocycles. The van der Waals surface area contributed by atoms with E-state index in [4.69, 9.17) is 5.11 Å². The van der Waals surface area contributed by atoms with E-state index in [0.29, 0.717) is 12.8 Å². The lowest BCUT2D eigenvalue weighted by Gasteiger charge is -2.11. The zero-order valence-corrected chi connectivity index (χ0v) is 7.97. The summed E-state index contributed by atoms with van der Waals surface area (Å²) >= 11 is 0. The fourth-order valence-electron chi connectivity index (χ4n) is 0.950. The van der Waals surface area contributed by atoms with E-state index in [-0.39, 0.29) is 18.6 Å². The van der Waals surface area contributed by atoms with Gasteiger partial charge in [0.25, 0.3) is 0 Å². The number of hydrogen-bond acceptors (Lipinski definition) is 2. The highest BCUT2D eigenvalue weighted by atomic mass is 16.3. The van der Waals surface area contributed by atoms with Gasteiger partial charge >= 0.3 is 0 Å². The zero-order valence-electron chi connectivity index (χ0n) is 7.97. The van der Waals surface area contributed by atoms with Crippen molar-refractivity contribution in [3.8, 4) is 0 Å². The van der Waals surface area contributed by atoms with Crippen LogP contribution >= 0.6 is 0 Å². The van der Waals surface area contributed by atoms with E-state index in [0.717, 1.165) is 12.8 Å². The van der Waals surface area contributed by atoms with Crippen molar-refractivity contribution >= 4 is 5.91 Å². The van der Waals surface area contributed by atoms with Gasteiger partial charge < -0.3 is 10.4 Å². The van der Waals surface area contributed by atoms with E-state index in [1.807, 2.05) is 6.92 Å². The van der Waals surface area contributed by atoms with Crippen LogP contribution in [0.2, 0.25) is 0 Å². The summed E-state index contributed by atoms with van der Waals surface area (Å²) in [7, 11) is 0. The number of carbonyl (C=O) groups excluding carboxylic acids is 1. The van der Waals surface area contributed by atoms with Crippen molar-refractivity contribution in [2.45, 2.75) is 45.6 Å². The first-order valence-electron chi connectivity index (χ1n) is 4.61. The topological polar surface area (TPSA) is 49.3 Å². The van der Waals surface area contributed by atoms with E-state index in [1.54, 1.807) is 0 Å².